The number of hydrogen-bond acceptors (Lipinski definition) is 4. The van der Waals surface area contributed by atoms with Crippen molar-refractivity contribution in [2.75, 3.05) is 14.2 Å². The highest BCUT2D eigenvalue weighted by molar-refractivity contribution is 5.88. The van der Waals surface area contributed by atoms with Crippen molar-refractivity contribution in [1.82, 2.24) is 4.57 Å². The van der Waals surface area contributed by atoms with Crippen molar-refractivity contribution >= 4 is 17.0 Å². The Bertz CT molecular complexity index is 1030. The fourth-order valence-electron chi connectivity index (χ4n) is 2.97. The van der Waals surface area contributed by atoms with E-state index in [1.807, 2.05) is 6.92 Å². The number of methoxy groups -OCH3 is 2. The molecule has 0 radical (unpaired) electrons. The Labute approximate surface area is 150 Å². The summed E-state index contributed by atoms with van der Waals surface area (Å²) in [5.74, 6) is 1.21. The van der Waals surface area contributed by atoms with E-state index < -0.39 is 6.09 Å². The van der Waals surface area contributed by atoms with E-state index in [0.717, 1.165) is 15.7 Å². The highest BCUT2D eigenvalue weighted by Crippen LogP contribution is 2.24. The van der Waals surface area contributed by atoms with Gasteiger partial charge in [-0.05, 0) is 36.8 Å². The summed E-state index contributed by atoms with van der Waals surface area (Å²) in [5, 5.41) is 9.91. The van der Waals surface area contributed by atoms with Crippen molar-refractivity contribution in [3.8, 4) is 11.5 Å². The van der Waals surface area contributed by atoms with E-state index in [0.29, 0.717) is 28.0 Å². The summed E-state index contributed by atoms with van der Waals surface area (Å²) in [6.45, 7) is 1.86. The normalized spacial score (nSPS) is 10.7. The topological polar surface area (TPSA) is 77.8 Å². The Morgan fingerprint density at radius 3 is 2.31 bits per heavy atom. The molecule has 0 unspecified atom stereocenters. The van der Waals surface area contributed by atoms with Crippen molar-refractivity contribution in [1.29, 1.82) is 0 Å². The van der Waals surface area contributed by atoms with Crippen LogP contribution >= 0.6 is 0 Å². The van der Waals surface area contributed by atoms with Crippen LogP contribution in [-0.4, -0.2) is 30.0 Å². The van der Waals surface area contributed by atoms with E-state index in [4.69, 9.17) is 9.47 Å². The van der Waals surface area contributed by atoms with Crippen molar-refractivity contribution in [2.45, 2.75) is 13.3 Å². The fourth-order valence-corrected chi connectivity index (χ4v) is 2.97. The van der Waals surface area contributed by atoms with Gasteiger partial charge >= 0.3 is 6.09 Å². The van der Waals surface area contributed by atoms with E-state index >= 15 is 0 Å². The van der Waals surface area contributed by atoms with Gasteiger partial charge in [0.25, 0.3) is 0 Å². The number of pyridine rings is 1. The maximum Gasteiger partial charge on any atom is 0.416 e. The van der Waals surface area contributed by atoms with Crippen LogP contribution in [0.25, 0.3) is 10.9 Å². The number of hydrogen-bond donors (Lipinski definition) is 1. The third-order valence-corrected chi connectivity index (χ3v) is 4.24. The lowest BCUT2D eigenvalue weighted by Crippen LogP contribution is -2.19. The van der Waals surface area contributed by atoms with Crippen molar-refractivity contribution in [3.63, 3.8) is 0 Å². The van der Waals surface area contributed by atoms with Gasteiger partial charge < -0.3 is 14.6 Å². The van der Waals surface area contributed by atoms with Crippen LogP contribution in [0.3, 0.4) is 0 Å². The molecule has 134 valence electrons. The third kappa shape index (κ3) is 3.26. The number of aryl methyl sites for hydroxylation is 1. The summed E-state index contributed by atoms with van der Waals surface area (Å²) < 4.78 is 11.6. The Morgan fingerprint density at radius 1 is 1.08 bits per heavy atom. The predicted molar refractivity (Wildman–Crippen MR) is 98.7 cm³/mol. The van der Waals surface area contributed by atoms with Gasteiger partial charge in [0.15, 0.2) is 5.43 Å². The molecule has 6 nitrogen and oxygen atoms in total. The van der Waals surface area contributed by atoms with Crippen LogP contribution in [0.5, 0.6) is 11.5 Å². The lowest BCUT2D eigenvalue weighted by atomic mass is 10.0. The first-order valence-corrected chi connectivity index (χ1v) is 8.03. The zero-order chi connectivity index (χ0) is 18.8. The number of nitrogens with zero attached hydrogens (tertiary/aromatic N) is 1. The number of rotatable bonds is 4. The lowest BCUT2D eigenvalue weighted by molar-refractivity contribution is 0.197. The number of aromatic nitrogens is 1. The molecule has 26 heavy (non-hydrogen) atoms. The average Bonchev–Trinajstić information content (AvgIpc) is 2.63. The van der Waals surface area contributed by atoms with Crippen LogP contribution in [0.4, 0.5) is 4.79 Å². The molecule has 0 aliphatic rings. The van der Waals surface area contributed by atoms with Gasteiger partial charge in [0.1, 0.15) is 11.5 Å². The van der Waals surface area contributed by atoms with Gasteiger partial charge in [-0.25, -0.2) is 4.79 Å². The van der Waals surface area contributed by atoms with Crippen LogP contribution in [-0.2, 0) is 6.42 Å². The minimum Gasteiger partial charge on any atom is -0.497 e. The SMILES string of the molecule is COc1cc(Cc2cn(C(=O)O)c3ccc(C)cc3c2=O)cc(OC)c1. The number of fused-ring (bicyclic) bond motifs is 1. The number of ether oxygens (including phenoxy) is 2. The van der Waals surface area contributed by atoms with E-state index in [2.05, 4.69) is 0 Å². The molecular weight excluding hydrogens is 334 g/mol. The largest absolute Gasteiger partial charge is 0.497 e. The molecule has 2 aromatic carbocycles. The van der Waals surface area contributed by atoms with Crippen molar-refractivity contribution < 1.29 is 19.4 Å². The first-order valence-electron chi connectivity index (χ1n) is 8.03. The Hall–Kier alpha value is -3.28. The molecule has 3 aromatic rings. The first-order chi connectivity index (χ1) is 12.4. The lowest BCUT2D eigenvalue weighted by Gasteiger charge is -2.12. The summed E-state index contributed by atoms with van der Waals surface area (Å²) in [6.07, 6.45) is 0.515. The minimum atomic E-state index is -1.14. The highest BCUT2D eigenvalue weighted by Gasteiger charge is 2.14. The van der Waals surface area contributed by atoms with Crippen LogP contribution < -0.4 is 14.9 Å². The molecule has 0 aliphatic carbocycles. The van der Waals surface area contributed by atoms with E-state index in [-0.39, 0.29) is 11.8 Å². The molecule has 0 atom stereocenters. The summed E-state index contributed by atoms with van der Waals surface area (Å²) in [7, 11) is 3.10. The second-order valence-corrected chi connectivity index (χ2v) is 6.05. The summed E-state index contributed by atoms with van der Waals surface area (Å²) in [4.78, 5) is 24.5. The van der Waals surface area contributed by atoms with Gasteiger partial charge in [0, 0.05) is 29.6 Å². The molecule has 3 rings (SSSR count). The van der Waals surface area contributed by atoms with Crippen molar-refractivity contribution in [3.05, 3.63) is 69.5 Å². The monoisotopic (exact) mass is 353 g/mol. The maximum atomic E-state index is 12.9. The molecule has 0 amide bonds. The fraction of sp³-hybridized carbons (Fsp3) is 0.200. The van der Waals surface area contributed by atoms with Crippen LogP contribution in [0, 0.1) is 6.92 Å². The highest BCUT2D eigenvalue weighted by atomic mass is 16.5. The van der Waals surface area contributed by atoms with E-state index in [1.54, 1.807) is 50.6 Å². The molecule has 0 bridgehead atoms. The zero-order valence-electron chi connectivity index (χ0n) is 14.8. The molecule has 0 saturated heterocycles. The number of carboxylic acid groups (broad SMARTS) is 1. The molecule has 1 heterocycles. The molecule has 0 aliphatic heterocycles. The Morgan fingerprint density at radius 2 is 1.73 bits per heavy atom. The summed E-state index contributed by atoms with van der Waals surface area (Å²) in [5.41, 5.74) is 2.28. The quantitative estimate of drug-likeness (QED) is 0.777. The maximum absolute atomic E-state index is 12.9. The number of carbonyl (C=O) groups is 1. The predicted octanol–water partition coefficient (Wildman–Crippen LogP) is 3.44. The first kappa shape index (κ1) is 17.5. The second-order valence-electron chi connectivity index (χ2n) is 6.05. The van der Waals surface area contributed by atoms with Gasteiger partial charge in [0.2, 0.25) is 0 Å². The van der Waals surface area contributed by atoms with Gasteiger partial charge in [-0.15, -0.1) is 0 Å². The molecule has 0 spiro atoms. The number of benzene rings is 2. The summed E-state index contributed by atoms with van der Waals surface area (Å²) >= 11 is 0. The van der Waals surface area contributed by atoms with Crippen LogP contribution in [0.1, 0.15) is 16.7 Å². The molecule has 0 fully saturated rings. The van der Waals surface area contributed by atoms with Crippen LogP contribution in [0.2, 0.25) is 0 Å². The van der Waals surface area contributed by atoms with Gasteiger partial charge in [-0.2, -0.15) is 0 Å². The second kappa shape index (κ2) is 6.92. The van der Waals surface area contributed by atoms with Gasteiger partial charge in [-0.3, -0.25) is 9.36 Å². The Kier molecular flexibility index (Phi) is 4.67. The Balaban J connectivity index is 2.18. The van der Waals surface area contributed by atoms with Crippen molar-refractivity contribution in [2.24, 2.45) is 0 Å². The summed E-state index contributed by atoms with van der Waals surface area (Å²) in [6, 6.07) is 10.5. The van der Waals surface area contributed by atoms with Crippen LogP contribution in [0.15, 0.2) is 47.4 Å². The zero-order valence-corrected chi connectivity index (χ0v) is 14.8. The average molecular weight is 353 g/mol. The molecular formula is C20H19NO5. The van der Waals surface area contributed by atoms with E-state index in [9.17, 15) is 14.7 Å². The molecule has 1 N–H and O–H groups in total. The van der Waals surface area contributed by atoms with Gasteiger partial charge in [0.05, 0.1) is 19.7 Å². The molecule has 0 saturated carbocycles. The minimum absolute atomic E-state index is 0.178. The van der Waals surface area contributed by atoms with Gasteiger partial charge in [-0.1, -0.05) is 11.6 Å². The molecule has 6 heteroatoms. The van der Waals surface area contributed by atoms with E-state index in [1.165, 1.54) is 6.20 Å². The molecule has 1 aromatic heterocycles. The smallest absolute Gasteiger partial charge is 0.416 e. The third-order valence-electron chi connectivity index (χ3n) is 4.24. The standard InChI is InChI=1S/C20H19NO5/c1-12-4-5-18-17(6-12)19(22)14(11-21(18)20(23)24)7-13-8-15(25-2)10-16(9-13)26-3/h4-6,8-11H,7H2,1-3H3,(H,23,24).